The lowest BCUT2D eigenvalue weighted by molar-refractivity contribution is -0.201. The Morgan fingerprint density at radius 1 is 1.30 bits per heavy atom. The fraction of sp³-hybridized carbons (Fsp3) is 0.667. The molecule has 4 fully saturated rings. The SMILES string of the molecule is C=C1C(=O)[C@@]2(C(=O)N3CC4(COC4)C3)CC(=O)C[C@@H]1C2. The number of ether oxygens (including phenoxy) is 1. The second-order valence-electron chi connectivity index (χ2n) is 6.91. The average molecular weight is 275 g/mol. The molecule has 0 aromatic rings. The summed E-state index contributed by atoms with van der Waals surface area (Å²) in [5.41, 5.74) is -0.516. The fourth-order valence-electron chi connectivity index (χ4n) is 4.20. The highest BCUT2D eigenvalue weighted by atomic mass is 16.5. The van der Waals surface area contributed by atoms with Crippen LogP contribution < -0.4 is 0 Å². The first-order chi connectivity index (χ1) is 9.46. The first-order valence-electron chi connectivity index (χ1n) is 7.08. The van der Waals surface area contributed by atoms with Gasteiger partial charge < -0.3 is 9.64 Å². The van der Waals surface area contributed by atoms with Crippen LogP contribution >= 0.6 is 0 Å². The third kappa shape index (κ3) is 1.34. The Balaban J connectivity index is 1.60. The van der Waals surface area contributed by atoms with Crippen molar-refractivity contribution in [3.63, 3.8) is 0 Å². The van der Waals surface area contributed by atoms with Gasteiger partial charge in [-0.15, -0.1) is 0 Å². The Labute approximate surface area is 116 Å². The molecule has 0 unspecified atom stereocenters. The van der Waals surface area contributed by atoms with Crippen LogP contribution in [0.3, 0.4) is 0 Å². The lowest BCUT2D eigenvalue weighted by atomic mass is 9.70. The largest absolute Gasteiger partial charge is 0.380 e. The zero-order valence-corrected chi connectivity index (χ0v) is 11.3. The highest BCUT2D eigenvalue weighted by Crippen LogP contribution is 2.52. The molecular formula is C15H17NO4. The van der Waals surface area contributed by atoms with E-state index in [9.17, 15) is 14.4 Å². The van der Waals surface area contributed by atoms with Crippen LogP contribution in [0.4, 0.5) is 0 Å². The van der Waals surface area contributed by atoms with E-state index in [0.29, 0.717) is 44.7 Å². The van der Waals surface area contributed by atoms with Gasteiger partial charge in [0, 0.05) is 25.9 Å². The van der Waals surface area contributed by atoms with E-state index < -0.39 is 5.41 Å². The first-order valence-corrected chi connectivity index (χ1v) is 7.08. The van der Waals surface area contributed by atoms with Crippen molar-refractivity contribution >= 4 is 17.5 Å². The van der Waals surface area contributed by atoms with Gasteiger partial charge in [0.2, 0.25) is 5.91 Å². The molecule has 0 aromatic heterocycles. The predicted molar refractivity (Wildman–Crippen MR) is 68.8 cm³/mol. The molecule has 5 heteroatoms. The average Bonchev–Trinajstić information content (AvgIpc) is 2.48. The minimum Gasteiger partial charge on any atom is -0.380 e. The van der Waals surface area contributed by atoms with Crippen LogP contribution in [0.2, 0.25) is 0 Å². The molecule has 2 aliphatic heterocycles. The molecule has 106 valence electrons. The zero-order chi connectivity index (χ0) is 14.1. The summed E-state index contributed by atoms with van der Waals surface area (Å²) >= 11 is 0. The molecule has 2 aliphatic carbocycles. The van der Waals surface area contributed by atoms with Crippen molar-refractivity contribution in [1.82, 2.24) is 4.90 Å². The van der Waals surface area contributed by atoms with Crippen LogP contribution in [0.5, 0.6) is 0 Å². The molecule has 1 spiro atoms. The molecule has 1 amide bonds. The highest BCUT2D eigenvalue weighted by molar-refractivity contribution is 6.19. The number of amides is 1. The quantitative estimate of drug-likeness (QED) is 0.511. The molecule has 2 atom stereocenters. The smallest absolute Gasteiger partial charge is 0.237 e. The third-order valence-corrected chi connectivity index (χ3v) is 5.35. The van der Waals surface area contributed by atoms with Crippen molar-refractivity contribution in [3.05, 3.63) is 12.2 Å². The van der Waals surface area contributed by atoms with E-state index in [-0.39, 0.29) is 35.2 Å². The number of carbonyl (C=O) groups excluding carboxylic acids is 3. The molecule has 5 nitrogen and oxygen atoms in total. The maximum atomic E-state index is 12.8. The Morgan fingerprint density at radius 2 is 2.00 bits per heavy atom. The van der Waals surface area contributed by atoms with Crippen LogP contribution in [0.1, 0.15) is 19.3 Å². The van der Waals surface area contributed by atoms with Crippen molar-refractivity contribution in [3.8, 4) is 0 Å². The summed E-state index contributed by atoms with van der Waals surface area (Å²) in [6, 6.07) is 0. The summed E-state index contributed by atoms with van der Waals surface area (Å²) < 4.78 is 5.20. The molecule has 4 rings (SSSR count). The fourth-order valence-corrected chi connectivity index (χ4v) is 4.20. The van der Waals surface area contributed by atoms with Gasteiger partial charge in [-0.05, 0) is 17.9 Å². The van der Waals surface area contributed by atoms with Crippen molar-refractivity contribution in [2.24, 2.45) is 16.7 Å². The minimum absolute atomic E-state index is 0.0174. The topological polar surface area (TPSA) is 63.7 Å². The van der Waals surface area contributed by atoms with Crippen LogP contribution in [0.25, 0.3) is 0 Å². The van der Waals surface area contributed by atoms with Crippen LogP contribution in [-0.4, -0.2) is 48.7 Å². The Morgan fingerprint density at radius 3 is 2.60 bits per heavy atom. The molecule has 0 N–H and O–H groups in total. The molecule has 0 aromatic carbocycles. The van der Waals surface area contributed by atoms with E-state index in [0.717, 1.165) is 0 Å². The summed E-state index contributed by atoms with van der Waals surface area (Å²) in [5.74, 6) is -0.445. The highest BCUT2D eigenvalue weighted by Gasteiger charge is 2.62. The second-order valence-corrected chi connectivity index (χ2v) is 6.91. The summed E-state index contributed by atoms with van der Waals surface area (Å²) in [6.45, 7) is 6.52. The van der Waals surface area contributed by atoms with E-state index in [1.165, 1.54) is 0 Å². The number of Topliss-reactive ketones (excluding diaryl/α,β-unsaturated/α-hetero) is 2. The number of ketones is 2. The van der Waals surface area contributed by atoms with Crippen molar-refractivity contribution in [2.75, 3.05) is 26.3 Å². The summed E-state index contributed by atoms with van der Waals surface area (Å²) in [6.07, 6.45) is 0.923. The summed E-state index contributed by atoms with van der Waals surface area (Å²) in [7, 11) is 0. The van der Waals surface area contributed by atoms with Gasteiger partial charge >= 0.3 is 0 Å². The number of nitrogens with zero attached hydrogens (tertiary/aromatic N) is 1. The number of likely N-dealkylation sites (tertiary alicyclic amines) is 1. The maximum absolute atomic E-state index is 12.8. The monoisotopic (exact) mass is 275 g/mol. The van der Waals surface area contributed by atoms with E-state index in [4.69, 9.17) is 4.74 Å². The van der Waals surface area contributed by atoms with Crippen LogP contribution in [0.15, 0.2) is 12.2 Å². The van der Waals surface area contributed by atoms with Gasteiger partial charge in [-0.25, -0.2) is 0 Å². The number of fused-ring (bicyclic) bond motifs is 2. The zero-order valence-electron chi connectivity index (χ0n) is 11.3. The lowest BCUT2D eigenvalue weighted by Crippen LogP contribution is -2.69. The van der Waals surface area contributed by atoms with Gasteiger partial charge in [0.25, 0.3) is 0 Å². The lowest BCUT2D eigenvalue weighted by Gasteiger charge is -2.56. The molecule has 2 bridgehead atoms. The van der Waals surface area contributed by atoms with Gasteiger partial charge in [-0.2, -0.15) is 0 Å². The van der Waals surface area contributed by atoms with Crippen LogP contribution in [0, 0.1) is 16.7 Å². The predicted octanol–water partition coefficient (Wildman–Crippen LogP) is 0.340. The van der Waals surface area contributed by atoms with Gasteiger partial charge in [0.05, 0.1) is 18.6 Å². The number of rotatable bonds is 1. The van der Waals surface area contributed by atoms with Crippen molar-refractivity contribution in [1.29, 1.82) is 0 Å². The number of hydrogen-bond acceptors (Lipinski definition) is 4. The van der Waals surface area contributed by atoms with Gasteiger partial charge in [0.1, 0.15) is 11.2 Å². The number of allylic oxidation sites excluding steroid dienone is 1. The van der Waals surface area contributed by atoms with Crippen LogP contribution in [-0.2, 0) is 19.1 Å². The van der Waals surface area contributed by atoms with Crippen molar-refractivity contribution < 1.29 is 19.1 Å². The normalized spacial score (nSPS) is 37.9. The number of carbonyl (C=O) groups is 3. The van der Waals surface area contributed by atoms with Gasteiger partial charge in [0.15, 0.2) is 5.78 Å². The molecule has 2 saturated heterocycles. The molecule has 2 heterocycles. The summed E-state index contributed by atoms with van der Waals surface area (Å²) in [5, 5.41) is 0. The van der Waals surface area contributed by atoms with E-state index in [2.05, 4.69) is 6.58 Å². The van der Waals surface area contributed by atoms with E-state index in [1.54, 1.807) is 4.90 Å². The van der Waals surface area contributed by atoms with E-state index >= 15 is 0 Å². The first kappa shape index (κ1) is 12.3. The Bertz CT molecular complexity index is 554. The Kier molecular flexibility index (Phi) is 2.20. The molecule has 20 heavy (non-hydrogen) atoms. The third-order valence-electron chi connectivity index (χ3n) is 5.35. The molecular weight excluding hydrogens is 258 g/mol. The van der Waals surface area contributed by atoms with E-state index in [1.807, 2.05) is 0 Å². The standard InChI is InChI=1S/C15H17NO4/c1-9-10-2-11(17)4-15(3-10,12(9)18)13(19)16-5-14(6-16)7-20-8-14/h10H,1-8H2/t10-,15+/m1/s1. The number of hydrogen-bond donors (Lipinski definition) is 0. The van der Waals surface area contributed by atoms with Gasteiger partial charge in [-0.3, -0.25) is 14.4 Å². The molecule has 2 saturated carbocycles. The minimum atomic E-state index is -1.12. The molecule has 0 radical (unpaired) electrons. The molecule has 4 aliphatic rings. The second kappa shape index (κ2) is 3.58. The summed E-state index contributed by atoms with van der Waals surface area (Å²) in [4.78, 5) is 38.8. The maximum Gasteiger partial charge on any atom is 0.237 e. The van der Waals surface area contributed by atoms with Gasteiger partial charge in [-0.1, -0.05) is 6.58 Å². The van der Waals surface area contributed by atoms with Crippen molar-refractivity contribution in [2.45, 2.75) is 19.3 Å². The Hall–Kier alpha value is -1.49.